The Hall–Kier alpha value is -3.23. The fourth-order valence-corrected chi connectivity index (χ4v) is 8.67. The number of aromatic nitrogens is 1. The van der Waals surface area contributed by atoms with E-state index in [4.69, 9.17) is 4.98 Å². The lowest BCUT2D eigenvalue weighted by Crippen LogP contribution is -2.48. The van der Waals surface area contributed by atoms with E-state index in [2.05, 4.69) is 116 Å². The average Bonchev–Trinajstić information content (AvgIpc) is 3.16. The zero-order valence-electron chi connectivity index (χ0n) is 18.1. The lowest BCUT2D eigenvalue weighted by atomic mass is 9.92. The van der Waals surface area contributed by atoms with Crippen molar-refractivity contribution in [2.75, 3.05) is 0 Å². The predicted molar refractivity (Wildman–Crippen MR) is 134 cm³/mol. The molecule has 0 unspecified atom stereocenters. The van der Waals surface area contributed by atoms with Gasteiger partial charge in [0.05, 0.1) is 0 Å². The van der Waals surface area contributed by atoms with Crippen molar-refractivity contribution in [2.45, 2.75) is 24.6 Å². The third kappa shape index (κ3) is 3.58. The van der Waals surface area contributed by atoms with Crippen LogP contribution >= 0.6 is 0 Å². The second kappa shape index (κ2) is 8.13. The van der Waals surface area contributed by atoms with Gasteiger partial charge < -0.3 is 0 Å². The zero-order valence-corrected chi connectivity index (χ0v) is 19.1. The van der Waals surface area contributed by atoms with Crippen LogP contribution in [-0.4, -0.2) is 13.1 Å². The number of allylic oxidation sites excluding steroid dienone is 1. The van der Waals surface area contributed by atoms with Crippen LogP contribution in [0.15, 0.2) is 109 Å². The molecular weight excluding hydrogens is 390 g/mol. The molecule has 3 aromatic carbocycles. The van der Waals surface area contributed by atoms with E-state index in [0.29, 0.717) is 11.5 Å². The van der Waals surface area contributed by atoms with Crippen molar-refractivity contribution in [1.82, 2.24) is 4.98 Å². The molecule has 5 rings (SSSR count). The first-order valence-corrected chi connectivity index (χ1v) is 14.1. The molecule has 1 aromatic heterocycles. The highest BCUT2D eigenvalue weighted by atomic mass is 28.3. The Morgan fingerprint density at radius 3 is 2.06 bits per heavy atom. The van der Waals surface area contributed by atoms with Crippen molar-refractivity contribution in [3.8, 4) is 0 Å². The van der Waals surface area contributed by atoms with Crippen molar-refractivity contribution in [1.29, 1.82) is 0 Å². The van der Waals surface area contributed by atoms with E-state index in [1.54, 1.807) is 0 Å². The molecule has 0 radical (unpaired) electrons. The summed E-state index contributed by atoms with van der Waals surface area (Å²) in [6.45, 7) is 4.97. The fourth-order valence-electron chi connectivity index (χ4n) is 5.20. The number of benzene rings is 3. The number of hydrogen-bond donors (Lipinski definition) is 0. The first-order chi connectivity index (χ1) is 15.2. The van der Waals surface area contributed by atoms with Crippen LogP contribution < -0.4 is 5.32 Å². The molecule has 1 aliphatic rings. The summed E-state index contributed by atoms with van der Waals surface area (Å²) in [5.41, 5.74) is 7.35. The maximum atomic E-state index is 4.86. The first kappa shape index (κ1) is 19.7. The standard InChI is InChI=1S/C29H27NSi/c1-31(2,27-19-11-12-20-30-27)29-26(21-22-13-5-3-6-14-22)24-17-9-10-18-25(24)28(29)23-15-7-4-8-16-23/h3-21,28-29H,1-2H3/b26-21+/t28-,29-/m1/s1. The van der Waals surface area contributed by atoms with Gasteiger partial charge in [-0.05, 0) is 45.5 Å². The molecule has 0 saturated carbocycles. The van der Waals surface area contributed by atoms with Crippen molar-refractivity contribution >= 4 is 25.0 Å². The van der Waals surface area contributed by atoms with Crippen molar-refractivity contribution in [3.05, 3.63) is 132 Å². The molecule has 2 heteroatoms. The molecule has 0 fully saturated rings. The molecule has 1 heterocycles. The van der Waals surface area contributed by atoms with Gasteiger partial charge in [-0.1, -0.05) is 110 Å². The predicted octanol–water partition coefficient (Wildman–Crippen LogP) is 6.75. The summed E-state index contributed by atoms with van der Waals surface area (Å²) < 4.78 is 0. The zero-order chi connectivity index (χ0) is 21.3. The topological polar surface area (TPSA) is 12.9 Å². The minimum absolute atomic E-state index is 0.344. The molecule has 0 saturated heterocycles. The van der Waals surface area contributed by atoms with E-state index < -0.39 is 8.07 Å². The Bertz CT molecular complexity index is 1200. The van der Waals surface area contributed by atoms with Gasteiger partial charge in [0.1, 0.15) is 8.07 Å². The van der Waals surface area contributed by atoms with E-state index in [1.165, 1.54) is 33.1 Å². The molecule has 0 N–H and O–H groups in total. The maximum Gasteiger partial charge on any atom is 0.113 e. The summed E-state index contributed by atoms with van der Waals surface area (Å²) in [6, 6.07) is 37.2. The normalized spacial score (nSPS) is 19.4. The first-order valence-electron chi connectivity index (χ1n) is 11.0. The Balaban J connectivity index is 1.77. The lowest BCUT2D eigenvalue weighted by Gasteiger charge is -2.35. The van der Waals surface area contributed by atoms with E-state index in [-0.39, 0.29) is 0 Å². The minimum atomic E-state index is -1.99. The van der Waals surface area contributed by atoms with Crippen molar-refractivity contribution in [3.63, 3.8) is 0 Å². The number of nitrogens with zero attached hydrogens (tertiary/aromatic N) is 1. The van der Waals surface area contributed by atoms with Crippen LogP contribution in [0.4, 0.5) is 0 Å². The van der Waals surface area contributed by atoms with Gasteiger partial charge in [-0.15, -0.1) is 0 Å². The molecule has 1 aliphatic carbocycles. The van der Waals surface area contributed by atoms with E-state index in [1.807, 2.05) is 12.3 Å². The number of rotatable bonds is 4. The third-order valence-electron chi connectivity index (χ3n) is 6.66. The van der Waals surface area contributed by atoms with Gasteiger partial charge in [-0.3, -0.25) is 4.98 Å². The second-order valence-electron chi connectivity index (χ2n) is 8.90. The highest BCUT2D eigenvalue weighted by Crippen LogP contribution is 2.57. The Labute approximate surface area is 186 Å². The SMILES string of the molecule is C[Si](C)(c1ccccn1)[C@@H]1/C(=C/c2ccccc2)c2ccccc2[C@H]1c1ccccc1. The van der Waals surface area contributed by atoms with E-state index >= 15 is 0 Å². The van der Waals surface area contributed by atoms with Crippen LogP contribution in [0, 0.1) is 0 Å². The lowest BCUT2D eigenvalue weighted by molar-refractivity contribution is 0.854. The van der Waals surface area contributed by atoms with E-state index in [0.717, 1.165) is 0 Å². The Kier molecular flexibility index (Phi) is 5.17. The minimum Gasteiger partial charge on any atom is -0.266 e. The largest absolute Gasteiger partial charge is 0.266 e. The molecule has 31 heavy (non-hydrogen) atoms. The van der Waals surface area contributed by atoms with Crippen LogP contribution in [0.25, 0.3) is 11.6 Å². The van der Waals surface area contributed by atoms with Crippen molar-refractivity contribution < 1.29 is 0 Å². The summed E-state index contributed by atoms with van der Waals surface area (Å²) in [7, 11) is -1.99. The molecular formula is C29H27NSi. The monoisotopic (exact) mass is 417 g/mol. The van der Waals surface area contributed by atoms with Crippen molar-refractivity contribution in [2.24, 2.45) is 0 Å². The summed E-state index contributed by atoms with van der Waals surface area (Å²) in [5.74, 6) is 0.344. The molecule has 1 nitrogen and oxygen atoms in total. The molecule has 0 bridgehead atoms. The number of hydrogen-bond acceptors (Lipinski definition) is 1. The van der Waals surface area contributed by atoms with Gasteiger partial charge in [0.25, 0.3) is 0 Å². The Morgan fingerprint density at radius 1 is 0.710 bits per heavy atom. The maximum absolute atomic E-state index is 4.86. The molecule has 152 valence electrons. The van der Waals surface area contributed by atoms with Crippen LogP contribution in [-0.2, 0) is 0 Å². The second-order valence-corrected chi connectivity index (χ2v) is 13.5. The Morgan fingerprint density at radius 2 is 1.35 bits per heavy atom. The fraction of sp³-hybridized carbons (Fsp3) is 0.138. The molecule has 0 spiro atoms. The van der Waals surface area contributed by atoms with Crippen LogP contribution in [0.1, 0.15) is 28.2 Å². The molecule has 0 aliphatic heterocycles. The summed E-state index contributed by atoms with van der Waals surface area (Å²) in [5, 5.41) is 1.27. The van der Waals surface area contributed by atoms with Gasteiger partial charge in [-0.25, -0.2) is 0 Å². The van der Waals surface area contributed by atoms with E-state index in [9.17, 15) is 0 Å². The van der Waals surface area contributed by atoms with Crippen LogP contribution in [0.2, 0.25) is 18.6 Å². The van der Waals surface area contributed by atoms with Gasteiger partial charge in [0, 0.05) is 17.4 Å². The van der Waals surface area contributed by atoms with Gasteiger partial charge in [0.15, 0.2) is 0 Å². The van der Waals surface area contributed by atoms with Crippen LogP contribution in [0.5, 0.6) is 0 Å². The highest BCUT2D eigenvalue weighted by molar-refractivity contribution is 6.92. The summed E-state index contributed by atoms with van der Waals surface area (Å²) in [4.78, 5) is 4.86. The highest BCUT2D eigenvalue weighted by Gasteiger charge is 2.48. The molecule has 2 atom stereocenters. The molecule has 4 aromatic rings. The summed E-state index contributed by atoms with van der Waals surface area (Å²) in [6.07, 6.45) is 4.37. The van der Waals surface area contributed by atoms with Crippen LogP contribution in [0.3, 0.4) is 0 Å². The van der Waals surface area contributed by atoms with Gasteiger partial charge in [-0.2, -0.15) is 0 Å². The van der Waals surface area contributed by atoms with Gasteiger partial charge in [0.2, 0.25) is 0 Å². The smallest absolute Gasteiger partial charge is 0.113 e. The third-order valence-corrected chi connectivity index (χ3v) is 10.5. The average molecular weight is 418 g/mol. The molecule has 0 amide bonds. The number of fused-ring (bicyclic) bond motifs is 1. The van der Waals surface area contributed by atoms with Gasteiger partial charge >= 0.3 is 0 Å². The quantitative estimate of drug-likeness (QED) is 0.335. The number of pyridine rings is 1. The summed E-state index contributed by atoms with van der Waals surface area (Å²) >= 11 is 0.